The van der Waals surface area contributed by atoms with E-state index in [4.69, 9.17) is 5.11 Å². The minimum Gasteiger partial charge on any atom is -0.481 e. The fraction of sp³-hybridized carbons (Fsp3) is 0.889. The van der Waals surface area contributed by atoms with Gasteiger partial charge in [-0.25, -0.2) is 4.39 Å². The van der Waals surface area contributed by atoms with E-state index in [-0.39, 0.29) is 6.42 Å². The highest BCUT2D eigenvalue weighted by atomic mass is 19.1. The third kappa shape index (κ3) is 3.30. The number of halogens is 1. The fourth-order valence-electron chi connectivity index (χ4n) is 1.74. The Morgan fingerprint density at radius 2 is 2.23 bits per heavy atom. The van der Waals surface area contributed by atoms with Gasteiger partial charge in [-0.1, -0.05) is 0 Å². The van der Waals surface area contributed by atoms with Crippen LogP contribution in [-0.2, 0) is 4.79 Å². The van der Waals surface area contributed by atoms with Crippen molar-refractivity contribution >= 4 is 5.97 Å². The molecule has 0 radical (unpaired) electrons. The Balaban J connectivity index is 2.52. The second-order valence-electron chi connectivity index (χ2n) is 3.88. The molecule has 1 unspecified atom stereocenters. The first-order chi connectivity index (χ1) is 6.02. The molecule has 1 heterocycles. The first-order valence-electron chi connectivity index (χ1n) is 4.61. The maximum atomic E-state index is 13.8. The number of hydrogen-bond acceptors (Lipinski definition) is 2. The average molecular weight is 189 g/mol. The second-order valence-corrected chi connectivity index (χ2v) is 3.88. The predicted molar refractivity (Wildman–Crippen MR) is 47.4 cm³/mol. The van der Waals surface area contributed by atoms with E-state index in [2.05, 4.69) is 0 Å². The maximum Gasteiger partial charge on any atom is 0.306 e. The van der Waals surface area contributed by atoms with Crippen LogP contribution in [0.1, 0.15) is 25.7 Å². The van der Waals surface area contributed by atoms with Crippen molar-refractivity contribution in [2.45, 2.75) is 31.4 Å². The summed E-state index contributed by atoms with van der Waals surface area (Å²) in [5.41, 5.74) is -1.48. The number of aliphatic carboxylic acids is 1. The van der Waals surface area contributed by atoms with E-state index < -0.39 is 11.6 Å². The van der Waals surface area contributed by atoms with Crippen molar-refractivity contribution in [3.05, 3.63) is 0 Å². The van der Waals surface area contributed by atoms with Crippen molar-refractivity contribution < 1.29 is 14.3 Å². The minimum absolute atomic E-state index is 0.343. The average Bonchev–Trinajstić information content (AvgIpc) is 2.12. The Morgan fingerprint density at radius 3 is 2.85 bits per heavy atom. The van der Waals surface area contributed by atoms with Crippen molar-refractivity contribution in [1.82, 2.24) is 4.90 Å². The number of nitrogens with zero attached hydrogens (tertiary/aromatic N) is 1. The first-order valence-corrected chi connectivity index (χ1v) is 4.61. The highest BCUT2D eigenvalue weighted by Crippen LogP contribution is 2.29. The van der Waals surface area contributed by atoms with E-state index in [1.807, 2.05) is 11.9 Å². The Morgan fingerprint density at radius 1 is 1.54 bits per heavy atom. The van der Waals surface area contributed by atoms with Crippen molar-refractivity contribution in [2.75, 3.05) is 20.1 Å². The third-order valence-corrected chi connectivity index (χ3v) is 2.57. The topological polar surface area (TPSA) is 40.5 Å². The first kappa shape index (κ1) is 10.4. The van der Waals surface area contributed by atoms with E-state index in [1.165, 1.54) is 0 Å². The lowest BCUT2D eigenvalue weighted by atomic mass is 9.93. The molecule has 0 aromatic heterocycles. The molecule has 13 heavy (non-hydrogen) atoms. The molecule has 0 aromatic carbocycles. The van der Waals surface area contributed by atoms with Gasteiger partial charge in [0, 0.05) is 6.54 Å². The number of carbonyl (C=O) groups is 1. The molecule has 1 aliphatic heterocycles. The summed E-state index contributed by atoms with van der Waals surface area (Å²) in [7, 11) is 1.94. The number of alkyl halides is 1. The lowest BCUT2D eigenvalue weighted by Crippen LogP contribution is -2.28. The molecule has 0 aromatic rings. The standard InChI is InChI=1S/C9H16FNO2/c1-11-5-2-3-9(10,4-6-11)7-8(12)13/h2-7H2,1H3,(H,12,13). The van der Waals surface area contributed by atoms with Crippen LogP contribution in [0.2, 0.25) is 0 Å². The summed E-state index contributed by atoms with van der Waals surface area (Å²) in [5, 5.41) is 8.54. The molecule has 1 saturated heterocycles. The smallest absolute Gasteiger partial charge is 0.306 e. The molecule has 0 spiro atoms. The zero-order valence-corrected chi connectivity index (χ0v) is 7.92. The molecule has 0 saturated carbocycles. The zero-order valence-electron chi connectivity index (χ0n) is 7.92. The van der Waals surface area contributed by atoms with Crippen LogP contribution in [0.4, 0.5) is 4.39 Å². The van der Waals surface area contributed by atoms with Crippen LogP contribution in [0.25, 0.3) is 0 Å². The molecule has 0 aliphatic carbocycles. The summed E-state index contributed by atoms with van der Waals surface area (Å²) in [4.78, 5) is 12.5. The molecule has 76 valence electrons. The summed E-state index contributed by atoms with van der Waals surface area (Å²) < 4.78 is 13.8. The van der Waals surface area contributed by atoms with Gasteiger partial charge in [-0.15, -0.1) is 0 Å². The van der Waals surface area contributed by atoms with Crippen LogP contribution in [0, 0.1) is 0 Å². The maximum absolute atomic E-state index is 13.8. The molecule has 0 bridgehead atoms. The van der Waals surface area contributed by atoms with Gasteiger partial charge in [0.15, 0.2) is 0 Å². The Labute approximate surface area is 77.5 Å². The van der Waals surface area contributed by atoms with Crippen LogP contribution in [0.3, 0.4) is 0 Å². The quantitative estimate of drug-likeness (QED) is 0.711. The predicted octanol–water partition coefficient (Wildman–Crippen LogP) is 1.29. The van der Waals surface area contributed by atoms with E-state index >= 15 is 0 Å². The van der Waals surface area contributed by atoms with Gasteiger partial charge in [0.25, 0.3) is 0 Å². The van der Waals surface area contributed by atoms with Gasteiger partial charge < -0.3 is 10.0 Å². The van der Waals surface area contributed by atoms with Crippen molar-refractivity contribution in [3.63, 3.8) is 0 Å². The third-order valence-electron chi connectivity index (χ3n) is 2.57. The summed E-state index contributed by atoms with van der Waals surface area (Å²) in [6, 6.07) is 0. The molecule has 1 N–H and O–H groups in total. The Bertz CT molecular complexity index is 198. The summed E-state index contributed by atoms with van der Waals surface area (Å²) >= 11 is 0. The SMILES string of the molecule is CN1CCCC(F)(CC(=O)O)CC1. The Kier molecular flexibility index (Phi) is 3.25. The summed E-state index contributed by atoms with van der Waals surface area (Å²) in [6.45, 7) is 1.52. The van der Waals surface area contributed by atoms with Crippen LogP contribution in [-0.4, -0.2) is 41.8 Å². The number of carboxylic acid groups (broad SMARTS) is 1. The van der Waals surface area contributed by atoms with Crippen LogP contribution < -0.4 is 0 Å². The van der Waals surface area contributed by atoms with Crippen LogP contribution in [0.5, 0.6) is 0 Å². The lowest BCUT2D eigenvalue weighted by molar-refractivity contribution is -0.140. The van der Waals surface area contributed by atoms with E-state index in [1.54, 1.807) is 0 Å². The highest BCUT2D eigenvalue weighted by molar-refractivity contribution is 5.68. The molecule has 1 fully saturated rings. The number of carboxylic acids is 1. The zero-order chi connectivity index (χ0) is 9.90. The van der Waals surface area contributed by atoms with Crippen molar-refractivity contribution in [3.8, 4) is 0 Å². The molecule has 3 nitrogen and oxygen atoms in total. The van der Waals surface area contributed by atoms with Crippen molar-refractivity contribution in [2.24, 2.45) is 0 Å². The van der Waals surface area contributed by atoms with Gasteiger partial charge in [-0.2, -0.15) is 0 Å². The van der Waals surface area contributed by atoms with Gasteiger partial charge in [0.1, 0.15) is 5.67 Å². The monoisotopic (exact) mass is 189 g/mol. The van der Waals surface area contributed by atoms with Gasteiger partial charge in [-0.05, 0) is 32.9 Å². The van der Waals surface area contributed by atoms with E-state index in [0.29, 0.717) is 19.4 Å². The van der Waals surface area contributed by atoms with Gasteiger partial charge in [-0.3, -0.25) is 4.79 Å². The molecule has 4 heteroatoms. The minimum atomic E-state index is -1.48. The van der Waals surface area contributed by atoms with Crippen LogP contribution in [0.15, 0.2) is 0 Å². The van der Waals surface area contributed by atoms with Gasteiger partial charge >= 0.3 is 5.97 Å². The normalized spacial score (nSPS) is 31.2. The van der Waals surface area contributed by atoms with Crippen LogP contribution >= 0.6 is 0 Å². The van der Waals surface area contributed by atoms with E-state index in [0.717, 1.165) is 13.0 Å². The second kappa shape index (κ2) is 4.05. The largest absolute Gasteiger partial charge is 0.481 e. The van der Waals surface area contributed by atoms with Gasteiger partial charge in [0.2, 0.25) is 0 Å². The molecule has 1 atom stereocenters. The van der Waals surface area contributed by atoms with Crippen molar-refractivity contribution in [1.29, 1.82) is 0 Å². The molecule has 1 aliphatic rings. The van der Waals surface area contributed by atoms with Gasteiger partial charge in [0.05, 0.1) is 6.42 Å². The fourth-order valence-corrected chi connectivity index (χ4v) is 1.74. The Hall–Kier alpha value is -0.640. The molecular weight excluding hydrogens is 173 g/mol. The van der Waals surface area contributed by atoms with E-state index in [9.17, 15) is 9.18 Å². The lowest BCUT2D eigenvalue weighted by Gasteiger charge is -2.21. The molecule has 0 amide bonds. The number of rotatable bonds is 2. The summed E-state index contributed by atoms with van der Waals surface area (Å²) in [6.07, 6.45) is 1.13. The molecular formula is C9H16FNO2. The molecule has 1 rings (SSSR count). The number of likely N-dealkylation sites (tertiary alicyclic amines) is 1. The summed E-state index contributed by atoms with van der Waals surface area (Å²) in [5.74, 6) is -1.04. The highest BCUT2D eigenvalue weighted by Gasteiger charge is 2.33. The number of hydrogen-bond donors (Lipinski definition) is 1.